The van der Waals surface area contributed by atoms with Crippen LogP contribution in [0.1, 0.15) is 16.7 Å². The summed E-state index contributed by atoms with van der Waals surface area (Å²) in [6, 6.07) is 7.36. The fourth-order valence-electron chi connectivity index (χ4n) is 1.95. The monoisotopic (exact) mass is 287 g/mol. The third-order valence-corrected chi connectivity index (χ3v) is 3.70. The van der Waals surface area contributed by atoms with Gasteiger partial charge >= 0.3 is 5.69 Å². The van der Waals surface area contributed by atoms with E-state index in [1.807, 2.05) is 32.0 Å². The molecule has 1 aromatic heterocycles. The van der Waals surface area contributed by atoms with Crippen molar-refractivity contribution in [3.63, 3.8) is 0 Å². The van der Waals surface area contributed by atoms with Gasteiger partial charge in [0.15, 0.2) is 0 Å². The van der Waals surface area contributed by atoms with Gasteiger partial charge in [-0.15, -0.1) is 11.8 Å². The van der Waals surface area contributed by atoms with Crippen molar-refractivity contribution >= 4 is 11.8 Å². The molecule has 102 valence electrons. The van der Waals surface area contributed by atoms with Crippen LogP contribution in [0.5, 0.6) is 0 Å². The molecule has 20 heavy (non-hydrogen) atoms. The molecular formula is C14H13N3O2S. The maximum Gasteiger partial charge on any atom is 0.333 e. The van der Waals surface area contributed by atoms with Crippen molar-refractivity contribution in [1.82, 2.24) is 9.55 Å². The minimum atomic E-state index is -0.589. The van der Waals surface area contributed by atoms with Crippen LogP contribution in [0.25, 0.3) is 5.69 Å². The molecule has 0 amide bonds. The van der Waals surface area contributed by atoms with Crippen molar-refractivity contribution in [1.29, 1.82) is 5.26 Å². The van der Waals surface area contributed by atoms with Gasteiger partial charge in [-0.2, -0.15) is 5.26 Å². The van der Waals surface area contributed by atoms with E-state index in [4.69, 9.17) is 5.26 Å². The SMILES string of the molecule is CSc1[nH]c(=O)n(-c2cc(C)ccc2C)c(=O)c1C#N. The summed E-state index contributed by atoms with van der Waals surface area (Å²) in [4.78, 5) is 27.1. The van der Waals surface area contributed by atoms with Crippen molar-refractivity contribution in [2.24, 2.45) is 0 Å². The zero-order valence-electron chi connectivity index (χ0n) is 11.4. The van der Waals surface area contributed by atoms with Crippen LogP contribution < -0.4 is 11.2 Å². The Bertz CT molecular complexity index is 828. The molecule has 2 rings (SSSR count). The first kappa shape index (κ1) is 14.2. The van der Waals surface area contributed by atoms with Crippen LogP contribution in [0.3, 0.4) is 0 Å². The van der Waals surface area contributed by atoms with E-state index in [0.717, 1.165) is 15.7 Å². The first-order valence-corrected chi connectivity index (χ1v) is 7.13. The lowest BCUT2D eigenvalue weighted by Crippen LogP contribution is -2.36. The first-order chi connectivity index (χ1) is 9.49. The van der Waals surface area contributed by atoms with E-state index in [2.05, 4.69) is 4.98 Å². The van der Waals surface area contributed by atoms with Crippen LogP contribution in [0.4, 0.5) is 0 Å². The fourth-order valence-corrected chi connectivity index (χ4v) is 2.47. The van der Waals surface area contributed by atoms with E-state index < -0.39 is 11.2 Å². The van der Waals surface area contributed by atoms with E-state index in [1.165, 1.54) is 11.8 Å². The summed E-state index contributed by atoms with van der Waals surface area (Å²) in [7, 11) is 0. The van der Waals surface area contributed by atoms with Gasteiger partial charge < -0.3 is 4.98 Å². The molecule has 0 atom stereocenters. The van der Waals surface area contributed by atoms with Gasteiger partial charge in [-0.3, -0.25) is 4.79 Å². The summed E-state index contributed by atoms with van der Waals surface area (Å²) in [6.45, 7) is 3.69. The minimum absolute atomic E-state index is 0.0435. The van der Waals surface area contributed by atoms with Crippen LogP contribution in [-0.4, -0.2) is 15.8 Å². The number of H-pyrrole nitrogens is 1. The maximum absolute atomic E-state index is 12.4. The molecule has 0 saturated carbocycles. The molecule has 0 bridgehead atoms. The van der Waals surface area contributed by atoms with E-state index in [1.54, 1.807) is 12.3 Å². The molecule has 0 radical (unpaired) electrons. The number of nitrogens with one attached hydrogen (secondary N) is 1. The van der Waals surface area contributed by atoms with Crippen LogP contribution in [0, 0.1) is 25.2 Å². The van der Waals surface area contributed by atoms with Crippen LogP contribution in [0.2, 0.25) is 0 Å². The summed E-state index contributed by atoms with van der Waals surface area (Å²) in [5.74, 6) is 0. The van der Waals surface area contributed by atoms with E-state index in [0.29, 0.717) is 10.7 Å². The normalized spacial score (nSPS) is 10.3. The summed E-state index contributed by atoms with van der Waals surface area (Å²) < 4.78 is 1.01. The third-order valence-electron chi connectivity index (χ3n) is 2.99. The van der Waals surface area contributed by atoms with Crippen LogP contribution in [-0.2, 0) is 0 Å². The molecule has 0 saturated heterocycles. The lowest BCUT2D eigenvalue weighted by atomic mass is 10.1. The Morgan fingerprint density at radius 1 is 1.30 bits per heavy atom. The molecule has 6 heteroatoms. The third kappa shape index (κ3) is 2.28. The number of aromatic amines is 1. The van der Waals surface area contributed by atoms with Gasteiger partial charge in [-0.05, 0) is 37.3 Å². The van der Waals surface area contributed by atoms with E-state index >= 15 is 0 Å². The minimum Gasteiger partial charge on any atom is -0.300 e. The summed E-state index contributed by atoms with van der Waals surface area (Å²) in [6.07, 6.45) is 1.70. The van der Waals surface area contributed by atoms with Gasteiger partial charge in [-0.25, -0.2) is 9.36 Å². The Balaban J connectivity index is 2.90. The molecule has 0 spiro atoms. The topological polar surface area (TPSA) is 78.7 Å². The summed E-state index contributed by atoms with van der Waals surface area (Å²) in [5, 5.41) is 9.41. The fraction of sp³-hybridized carbons (Fsp3) is 0.214. The molecule has 0 unspecified atom stereocenters. The number of aryl methyl sites for hydroxylation is 2. The number of aromatic nitrogens is 2. The van der Waals surface area contributed by atoms with Crippen molar-refractivity contribution < 1.29 is 0 Å². The molecule has 1 heterocycles. The number of hydrogen-bond acceptors (Lipinski definition) is 4. The average molecular weight is 287 g/mol. The van der Waals surface area contributed by atoms with Crippen molar-refractivity contribution in [2.45, 2.75) is 18.9 Å². The predicted molar refractivity (Wildman–Crippen MR) is 78.6 cm³/mol. The van der Waals surface area contributed by atoms with Gasteiger partial charge in [-0.1, -0.05) is 12.1 Å². The van der Waals surface area contributed by atoms with Crippen molar-refractivity contribution in [3.05, 3.63) is 55.7 Å². The van der Waals surface area contributed by atoms with Gasteiger partial charge in [0.05, 0.1) is 10.7 Å². The number of nitrogens with zero attached hydrogens (tertiary/aromatic N) is 2. The molecule has 2 aromatic rings. The first-order valence-electron chi connectivity index (χ1n) is 5.90. The molecule has 5 nitrogen and oxygen atoms in total. The molecule has 1 aromatic carbocycles. The lowest BCUT2D eigenvalue weighted by molar-refractivity contribution is 0.819. The number of hydrogen-bond donors (Lipinski definition) is 1. The lowest BCUT2D eigenvalue weighted by Gasteiger charge is -2.10. The molecule has 0 fully saturated rings. The number of benzene rings is 1. The Hall–Kier alpha value is -2.26. The highest BCUT2D eigenvalue weighted by molar-refractivity contribution is 7.98. The Kier molecular flexibility index (Phi) is 3.81. The van der Waals surface area contributed by atoms with E-state index in [-0.39, 0.29) is 5.56 Å². The zero-order chi connectivity index (χ0) is 14.9. The van der Waals surface area contributed by atoms with Crippen LogP contribution in [0.15, 0.2) is 32.8 Å². The van der Waals surface area contributed by atoms with Crippen LogP contribution >= 0.6 is 11.8 Å². The molecule has 0 aliphatic carbocycles. The zero-order valence-corrected chi connectivity index (χ0v) is 12.2. The quantitative estimate of drug-likeness (QED) is 0.674. The second kappa shape index (κ2) is 5.39. The number of rotatable bonds is 2. The Morgan fingerprint density at radius 2 is 2.00 bits per heavy atom. The Labute approximate surface area is 119 Å². The molecule has 1 N–H and O–H groups in total. The number of nitriles is 1. The summed E-state index contributed by atoms with van der Waals surface area (Å²) >= 11 is 1.17. The van der Waals surface area contributed by atoms with Gasteiger partial charge in [0.25, 0.3) is 5.56 Å². The van der Waals surface area contributed by atoms with Gasteiger partial charge in [0.1, 0.15) is 11.6 Å². The second-order valence-corrected chi connectivity index (χ2v) is 5.20. The molecule has 0 aliphatic rings. The second-order valence-electron chi connectivity index (χ2n) is 4.38. The van der Waals surface area contributed by atoms with Gasteiger partial charge in [0, 0.05) is 0 Å². The van der Waals surface area contributed by atoms with Gasteiger partial charge in [0.2, 0.25) is 0 Å². The molecule has 0 aliphatic heterocycles. The largest absolute Gasteiger partial charge is 0.333 e. The highest BCUT2D eigenvalue weighted by Gasteiger charge is 2.15. The van der Waals surface area contributed by atoms with Crippen molar-refractivity contribution in [2.75, 3.05) is 6.26 Å². The molecular weight excluding hydrogens is 274 g/mol. The smallest absolute Gasteiger partial charge is 0.300 e. The van der Waals surface area contributed by atoms with E-state index in [9.17, 15) is 9.59 Å². The standard InChI is InChI=1S/C14H13N3O2S/c1-8-4-5-9(2)11(6-8)17-13(18)10(7-15)12(20-3)16-14(17)19/h4-6H,1-3H3,(H,16,19). The Morgan fingerprint density at radius 3 is 2.60 bits per heavy atom. The highest BCUT2D eigenvalue weighted by Crippen LogP contribution is 2.15. The number of thioether (sulfide) groups is 1. The summed E-state index contributed by atoms with van der Waals surface area (Å²) in [5.41, 5.74) is 1.06. The van der Waals surface area contributed by atoms with Crippen molar-refractivity contribution in [3.8, 4) is 11.8 Å². The average Bonchev–Trinajstić information content (AvgIpc) is 2.42. The highest BCUT2D eigenvalue weighted by atomic mass is 32.2. The maximum atomic E-state index is 12.4. The predicted octanol–water partition coefficient (Wildman–Crippen LogP) is 1.74.